The van der Waals surface area contributed by atoms with Crippen molar-refractivity contribution >= 4 is 11.9 Å². The van der Waals surface area contributed by atoms with E-state index in [9.17, 15) is 9.59 Å². The first-order valence-electron chi connectivity index (χ1n) is 8.98. The first-order chi connectivity index (χ1) is 13.1. The number of ether oxygens (including phenoxy) is 1. The molecule has 0 saturated carbocycles. The molecule has 0 unspecified atom stereocenters. The first kappa shape index (κ1) is 19.0. The lowest BCUT2D eigenvalue weighted by molar-refractivity contribution is -0.136. The Labute approximate surface area is 158 Å². The standard InChI is InChI=1S/C20H23N3O4/c1-27-13-19(24)23-7-5-14(6-8-23)9-17-11-22-18(12-21-17)15-3-2-4-16(10-15)20(25)26/h2-4,10-12,14H,5-9,13H2,1H3,(H,25,26). The van der Waals surface area contributed by atoms with Crippen molar-refractivity contribution in [1.29, 1.82) is 0 Å². The third-order valence-corrected chi connectivity index (χ3v) is 4.84. The van der Waals surface area contributed by atoms with E-state index in [4.69, 9.17) is 9.84 Å². The Morgan fingerprint density at radius 2 is 2.00 bits per heavy atom. The topological polar surface area (TPSA) is 92.6 Å². The molecule has 1 aromatic carbocycles. The van der Waals surface area contributed by atoms with E-state index in [1.54, 1.807) is 30.6 Å². The van der Waals surface area contributed by atoms with E-state index in [1.165, 1.54) is 7.11 Å². The largest absolute Gasteiger partial charge is 0.478 e. The van der Waals surface area contributed by atoms with E-state index >= 15 is 0 Å². The summed E-state index contributed by atoms with van der Waals surface area (Å²) in [6.07, 6.45) is 6.16. The normalized spacial score (nSPS) is 14.9. The summed E-state index contributed by atoms with van der Waals surface area (Å²) in [4.78, 5) is 33.7. The van der Waals surface area contributed by atoms with Crippen LogP contribution in [0.1, 0.15) is 28.9 Å². The zero-order chi connectivity index (χ0) is 19.2. The zero-order valence-electron chi connectivity index (χ0n) is 15.3. The van der Waals surface area contributed by atoms with E-state index in [2.05, 4.69) is 9.97 Å². The van der Waals surface area contributed by atoms with Crippen molar-refractivity contribution in [3.8, 4) is 11.3 Å². The number of carbonyl (C=O) groups excluding carboxylic acids is 1. The van der Waals surface area contributed by atoms with Crippen LogP contribution in [0.15, 0.2) is 36.7 Å². The molecular weight excluding hydrogens is 346 g/mol. The van der Waals surface area contributed by atoms with Crippen LogP contribution >= 0.6 is 0 Å². The average molecular weight is 369 g/mol. The smallest absolute Gasteiger partial charge is 0.335 e. The van der Waals surface area contributed by atoms with Gasteiger partial charge in [0.15, 0.2) is 0 Å². The van der Waals surface area contributed by atoms with Crippen LogP contribution in [0.5, 0.6) is 0 Å². The van der Waals surface area contributed by atoms with Crippen molar-refractivity contribution in [3.63, 3.8) is 0 Å². The number of carboxylic acids is 1. The van der Waals surface area contributed by atoms with Gasteiger partial charge in [-0.15, -0.1) is 0 Å². The molecule has 0 atom stereocenters. The Morgan fingerprint density at radius 1 is 1.22 bits per heavy atom. The van der Waals surface area contributed by atoms with Crippen molar-refractivity contribution in [2.24, 2.45) is 5.92 Å². The highest BCUT2D eigenvalue weighted by Crippen LogP contribution is 2.22. The SMILES string of the molecule is COCC(=O)N1CCC(Cc2cnc(-c3cccc(C(=O)O)c3)cn2)CC1. The van der Waals surface area contributed by atoms with Crippen molar-refractivity contribution < 1.29 is 19.4 Å². The number of aromatic nitrogens is 2. The molecule has 1 amide bonds. The highest BCUT2D eigenvalue weighted by Gasteiger charge is 2.23. The number of benzene rings is 1. The van der Waals surface area contributed by atoms with Gasteiger partial charge in [-0.3, -0.25) is 14.8 Å². The Kier molecular flexibility index (Phi) is 6.13. The van der Waals surface area contributed by atoms with Gasteiger partial charge in [-0.25, -0.2) is 4.79 Å². The van der Waals surface area contributed by atoms with Crippen LogP contribution in [-0.2, 0) is 16.0 Å². The van der Waals surface area contributed by atoms with Crippen LogP contribution in [0, 0.1) is 5.92 Å². The molecule has 1 aromatic heterocycles. The molecule has 1 N–H and O–H groups in total. The highest BCUT2D eigenvalue weighted by molar-refractivity contribution is 5.89. The van der Waals surface area contributed by atoms with E-state index < -0.39 is 5.97 Å². The van der Waals surface area contributed by atoms with Gasteiger partial charge in [-0.2, -0.15) is 0 Å². The molecular formula is C20H23N3O4. The number of aromatic carboxylic acids is 1. The summed E-state index contributed by atoms with van der Waals surface area (Å²) in [6.45, 7) is 1.64. The van der Waals surface area contributed by atoms with E-state index in [1.807, 2.05) is 11.0 Å². The molecule has 1 aliphatic heterocycles. The van der Waals surface area contributed by atoms with Gasteiger partial charge in [-0.1, -0.05) is 12.1 Å². The number of methoxy groups -OCH3 is 1. The van der Waals surface area contributed by atoms with Gasteiger partial charge >= 0.3 is 5.97 Å². The van der Waals surface area contributed by atoms with Crippen molar-refractivity contribution in [1.82, 2.24) is 14.9 Å². The average Bonchev–Trinajstić information content (AvgIpc) is 2.69. The highest BCUT2D eigenvalue weighted by atomic mass is 16.5. The second-order valence-electron chi connectivity index (χ2n) is 6.74. The van der Waals surface area contributed by atoms with E-state index in [-0.39, 0.29) is 18.1 Å². The van der Waals surface area contributed by atoms with Gasteiger partial charge in [0.25, 0.3) is 0 Å². The van der Waals surface area contributed by atoms with Gasteiger partial charge in [0.2, 0.25) is 5.91 Å². The summed E-state index contributed by atoms with van der Waals surface area (Å²) in [7, 11) is 1.53. The summed E-state index contributed by atoms with van der Waals surface area (Å²) >= 11 is 0. The third-order valence-electron chi connectivity index (χ3n) is 4.84. The van der Waals surface area contributed by atoms with Crippen LogP contribution in [0.2, 0.25) is 0 Å². The fourth-order valence-corrected chi connectivity index (χ4v) is 3.32. The first-order valence-corrected chi connectivity index (χ1v) is 8.98. The Hall–Kier alpha value is -2.80. The molecule has 1 fully saturated rings. The summed E-state index contributed by atoms with van der Waals surface area (Å²) in [5.41, 5.74) is 2.53. The van der Waals surface area contributed by atoms with Crippen molar-refractivity contribution in [3.05, 3.63) is 47.9 Å². The molecule has 142 valence electrons. The molecule has 1 aliphatic rings. The predicted molar refractivity (Wildman–Crippen MR) is 99.3 cm³/mol. The minimum Gasteiger partial charge on any atom is -0.478 e. The minimum absolute atomic E-state index is 0.0451. The summed E-state index contributed by atoms with van der Waals surface area (Å²) in [6, 6.07) is 6.67. The molecule has 2 aromatic rings. The van der Waals surface area contributed by atoms with Crippen molar-refractivity contribution in [2.75, 3.05) is 26.8 Å². The van der Waals surface area contributed by atoms with Gasteiger partial charge in [-0.05, 0) is 37.3 Å². The maximum Gasteiger partial charge on any atom is 0.335 e. The molecule has 0 aliphatic carbocycles. The van der Waals surface area contributed by atoms with Crippen LogP contribution < -0.4 is 0 Å². The van der Waals surface area contributed by atoms with Gasteiger partial charge in [0.05, 0.1) is 23.1 Å². The number of carbonyl (C=O) groups is 2. The lowest BCUT2D eigenvalue weighted by atomic mass is 9.92. The van der Waals surface area contributed by atoms with Crippen LogP contribution in [0.25, 0.3) is 11.3 Å². The Balaban J connectivity index is 1.58. The fraction of sp³-hybridized carbons (Fsp3) is 0.400. The van der Waals surface area contributed by atoms with E-state index in [0.29, 0.717) is 11.6 Å². The lowest BCUT2D eigenvalue weighted by Gasteiger charge is -2.31. The van der Waals surface area contributed by atoms with Crippen LogP contribution in [0.4, 0.5) is 0 Å². The molecule has 0 spiro atoms. The molecule has 0 bridgehead atoms. The molecule has 7 heteroatoms. The number of nitrogens with zero attached hydrogens (tertiary/aromatic N) is 3. The molecule has 27 heavy (non-hydrogen) atoms. The van der Waals surface area contributed by atoms with Gasteiger partial charge < -0.3 is 14.7 Å². The number of hydrogen-bond acceptors (Lipinski definition) is 5. The van der Waals surface area contributed by atoms with Gasteiger partial charge in [0.1, 0.15) is 6.61 Å². The van der Waals surface area contributed by atoms with E-state index in [0.717, 1.165) is 43.6 Å². The predicted octanol–water partition coefficient (Wildman–Crippen LogP) is 2.27. The zero-order valence-corrected chi connectivity index (χ0v) is 15.3. The quantitative estimate of drug-likeness (QED) is 0.840. The maximum absolute atomic E-state index is 11.8. The maximum atomic E-state index is 11.8. The summed E-state index contributed by atoms with van der Waals surface area (Å²) in [5.74, 6) is -0.437. The summed E-state index contributed by atoms with van der Waals surface area (Å²) < 4.78 is 4.91. The fourth-order valence-electron chi connectivity index (χ4n) is 3.32. The number of likely N-dealkylation sites (tertiary alicyclic amines) is 1. The number of hydrogen-bond donors (Lipinski definition) is 1. The molecule has 1 saturated heterocycles. The van der Waals surface area contributed by atoms with Crippen LogP contribution in [0.3, 0.4) is 0 Å². The Morgan fingerprint density at radius 3 is 2.63 bits per heavy atom. The monoisotopic (exact) mass is 369 g/mol. The number of carboxylic acid groups (broad SMARTS) is 1. The number of rotatable bonds is 6. The second kappa shape index (κ2) is 8.73. The summed E-state index contributed by atoms with van der Waals surface area (Å²) in [5, 5.41) is 9.10. The van der Waals surface area contributed by atoms with Crippen molar-refractivity contribution in [2.45, 2.75) is 19.3 Å². The molecule has 7 nitrogen and oxygen atoms in total. The number of piperidine rings is 1. The lowest BCUT2D eigenvalue weighted by Crippen LogP contribution is -2.40. The van der Waals surface area contributed by atoms with Gasteiger partial charge in [0, 0.05) is 32.0 Å². The number of amides is 1. The second-order valence-corrected chi connectivity index (χ2v) is 6.74. The van der Waals surface area contributed by atoms with Crippen LogP contribution in [-0.4, -0.2) is 58.7 Å². The minimum atomic E-state index is -0.961. The third kappa shape index (κ3) is 4.89. The molecule has 3 rings (SSSR count). The Bertz CT molecular complexity index is 799. The molecule has 0 radical (unpaired) electrons. The molecule has 2 heterocycles.